The van der Waals surface area contributed by atoms with Crippen LogP contribution in [0.25, 0.3) is 0 Å². The molecule has 1 rings (SSSR count). The Kier molecular flexibility index (Phi) is 14.7. The molecule has 0 N–H and O–H groups in total. The Hall–Kier alpha value is -2.64. The number of hydrogen-bond acceptors (Lipinski definition) is 8. The van der Waals surface area contributed by atoms with Gasteiger partial charge in [-0.1, -0.05) is 38.0 Å². The Balaban J connectivity index is 3.03. The van der Waals surface area contributed by atoms with Crippen LogP contribution in [-0.4, -0.2) is 49.3 Å². The van der Waals surface area contributed by atoms with Crippen molar-refractivity contribution in [2.75, 3.05) is 7.11 Å². The lowest BCUT2D eigenvalue weighted by atomic mass is 9.89. The van der Waals surface area contributed by atoms with Crippen LogP contribution in [0.1, 0.15) is 85.5 Å². The number of methoxy groups -OCH3 is 1. The zero-order chi connectivity index (χ0) is 26.2. The quantitative estimate of drug-likeness (QED) is 0.138. The van der Waals surface area contributed by atoms with Crippen molar-refractivity contribution in [1.82, 2.24) is 0 Å². The number of esters is 4. The molecule has 1 aliphatic rings. The van der Waals surface area contributed by atoms with Gasteiger partial charge in [-0.2, -0.15) is 0 Å². The standard InChI is InChI=1S/C27H42O8/c1-6-7-10-13-22(33-19(2)28)16-17-24-23(14-11-8-9-12-15-27(31)32-5)25(34-20(3)29)18-26(24)35-21(4)30/h8,11,16-17,22-26H,6-7,9-10,12-15,18H2,1-5H3/b11-8-,17-16+. The molecular formula is C27H42O8. The summed E-state index contributed by atoms with van der Waals surface area (Å²) >= 11 is 0. The minimum Gasteiger partial charge on any atom is -0.469 e. The monoisotopic (exact) mass is 494 g/mol. The molecule has 0 saturated heterocycles. The van der Waals surface area contributed by atoms with E-state index in [1.165, 1.54) is 27.9 Å². The van der Waals surface area contributed by atoms with Gasteiger partial charge in [-0.25, -0.2) is 0 Å². The zero-order valence-corrected chi connectivity index (χ0v) is 21.8. The highest BCUT2D eigenvalue weighted by Gasteiger charge is 2.45. The molecule has 5 unspecified atom stereocenters. The molecule has 35 heavy (non-hydrogen) atoms. The van der Waals surface area contributed by atoms with Crippen LogP contribution in [0.2, 0.25) is 0 Å². The normalized spacial score (nSPS) is 22.8. The predicted octanol–water partition coefficient (Wildman–Crippen LogP) is 4.84. The summed E-state index contributed by atoms with van der Waals surface area (Å²) in [5, 5.41) is 0. The first-order chi connectivity index (χ1) is 16.7. The number of carbonyl (C=O) groups excluding carboxylic acids is 4. The minimum absolute atomic E-state index is 0.107. The van der Waals surface area contributed by atoms with E-state index in [1.807, 2.05) is 24.3 Å². The van der Waals surface area contributed by atoms with E-state index in [2.05, 4.69) is 11.7 Å². The summed E-state index contributed by atoms with van der Waals surface area (Å²) in [6.07, 6.45) is 13.2. The first-order valence-electron chi connectivity index (χ1n) is 12.6. The fourth-order valence-electron chi connectivity index (χ4n) is 4.44. The summed E-state index contributed by atoms with van der Waals surface area (Å²) in [5.41, 5.74) is 0. The molecule has 0 aromatic heterocycles. The average molecular weight is 495 g/mol. The third-order valence-corrected chi connectivity index (χ3v) is 6.01. The topological polar surface area (TPSA) is 105 Å². The van der Waals surface area contributed by atoms with Gasteiger partial charge >= 0.3 is 23.9 Å². The number of ether oxygens (including phenoxy) is 4. The molecule has 8 heteroatoms. The largest absolute Gasteiger partial charge is 0.469 e. The Labute approximate surface area is 209 Å². The number of unbranched alkanes of at least 4 members (excludes halogenated alkanes) is 3. The second-order valence-electron chi connectivity index (χ2n) is 8.98. The van der Waals surface area contributed by atoms with Crippen molar-refractivity contribution in [1.29, 1.82) is 0 Å². The molecule has 0 aliphatic heterocycles. The lowest BCUT2D eigenvalue weighted by molar-refractivity contribution is -0.149. The molecule has 0 amide bonds. The molecule has 1 fully saturated rings. The predicted molar refractivity (Wildman–Crippen MR) is 131 cm³/mol. The van der Waals surface area contributed by atoms with E-state index in [0.29, 0.717) is 32.1 Å². The van der Waals surface area contributed by atoms with E-state index in [0.717, 1.165) is 25.7 Å². The van der Waals surface area contributed by atoms with E-state index in [4.69, 9.17) is 14.2 Å². The van der Waals surface area contributed by atoms with Crippen molar-refractivity contribution in [3.8, 4) is 0 Å². The third kappa shape index (κ3) is 12.6. The molecule has 0 heterocycles. The summed E-state index contributed by atoms with van der Waals surface area (Å²) in [6, 6.07) is 0. The summed E-state index contributed by atoms with van der Waals surface area (Å²) in [7, 11) is 1.37. The van der Waals surface area contributed by atoms with Gasteiger partial charge in [-0.3, -0.25) is 19.2 Å². The van der Waals surface area contributed by atoms with E-state index in [9.17, 15) is 19.2 Å². The molecule has 0 radical (unpaired) electrons. The van der Waals surface area contributed by atoms with Gasteiger partial charge in [0.05, 0.1) is 7.11 Å². The van der Waals surface area contributed by atoms with Gasteiger partial charge in [0.25, 0.3) is 0 Å². The van der Waals surface area contributed by atoms with Crippen LogP contribution in [0, 0.1) is 11.8 Å². The third-order valence-electron chi connectivity index (χ3n) is 6.01. The van der Waals surface area contributed by atoms with E-state index < -0.39 is 18.2 Å². The minimum atomic E-state index is -0.445. The van der Waals surface area contributed by atoms with Crippen LogP contribution in [0.4, 0.5) is 0 Å². The molecule has 198 valence electrons. The van der Waals surface area contributed by atoms with E-state index in [-0.39, 0.29) is 35.8 Å². The second kappa shape index (κ2) is 16.9. The van der Waals surface area contributed by atoms with Gasteiger partial charge < -0.3 is 18.9 Å². The molecule has 0 bridgehead atoms. The summed E-state index contributed by atoms with van der Waals surface area (Å²) in [4.78, 5) is 46.4. The number of allylic oxidation sites excluding steroid dienone is 2. The molecule has 0 aromatic rings. The fraction of sp³-hybridized carbons (Fsp3) is 0.704. The van der Waals surface area contributed by atoms with Gasteiger partial charge in [0.15, 0.2) is 0 Å². The van der Waals surface area contributed by atoms with Crippen molar-refractivity contribution in [2.45, 2.75) is 104 Å². The molecule has 1 aliphatic carbocycles. The van der Waals surface area contributed by atoms with Gasteiger partial charge in [0.2, 0.25) is 0 Å². The fourth-order valence-corrected chi connectivity index (χ4v) is 4.44. The lowest BCUT2D eigenvalue weighted by Crippen LogP contribution is -2.25. The van der Waals surface area contributed by atoms with Gasteiger partial charge in [-0.05, 0) is 38.2 Å². The summed E-state index contributed by atoms with van der Waals surface area (Å²) in [5.74, 6) is -1.67. The molecule has 1 saturated carbocycles. The Morgan fingerprint density at radius 1 is 0.914 bits per heavy atom. The van der Waals surface area contributed by atoms with Gasteiger partial charge in [0.1, 0.15) is 18.3 Å². The maximum Gasteiger partial charge on any atom is 0.305 e. The van der Waals surface area contributed by atoms with Gasteiger partial charge in [-0.15, -0.1) is 0 Å². The highest BCUT2D eigenvalue weighted by molar-refractivity contribution is 5.69. The smallest absolute Gasteiger partial charge is 0.305 e. The molecular weight excluding hydrogens is 452 g/mol. The first kappa shape index (κ1) is 30.4. The number of hydrogen-bond donors (Lipinski definition) is 0. The summed E-state index contributed by atoms with van der Waals surface area (Å²) in [6.45, 7) is 6.24. The average Bonchev–Trinajstić information content (AvgIpc) is 3.08. The second-order valence-corrected chi connectivity index (χ2v) is 8.98. The Morgan fingerprint density at radius 3 is 2.20 bits per heavy atom. The maximum atomic E-state index is 11.8. The van der Waals surface area contributed by atoms with E-state index in [1.54, 1.807) is 0 Å². The molecule has 0 spiro atoms. The Bertz CT molecular complexity index is 741. The van der Waals surface area contributed by atoms with Crippen molar-refractivity contribution in [3.63, 3.8) is 0 Å². The molecule has 0 aromatic carbocycles. The Morgan fingerprint density at radius 2 is 1.60 bits per heavy atom. The van der Waals surface area contributed by atoms with Crippen LogP contribution in [0.3, 0.4) is 0 Å². The van der Waals surface area contributed by atoms with Crippen LogP contribution in [-0.2, 0) is 38.1 Å². The maximum absolute atomic E-state index is 11.8. The van der Waals surface area contributed by atoms with Gasteiger partial charge in [0, 0.05) is 45.4 Å². The number of carbonyl (C=O) groups is 4. The number of rotatable bonds is 15. The van der Waals surface area contributed by atoms with Crippen LogP contribution in [0.5, 0.6) is 0 Å². The van der Waals surface area contributed by atoms with Crippen molar-refractivity contribution in [2.24, 2.45) is 11.8 Å². The summed E-state index contributed by atoms with van der Waals surface area (Å²) < 4.78 is 21.3. The lowest BCUT2D eigenvalue weighted by Gasteiger charge is -2.23. The highest BCUT2D eigenvalue weighted by Crippen LogP contribution is 2.40. The van der Waals surface area contributed by atoms with Crippen molar-refractivity contribution in [3.05, 3.63) is 24.3 Å². The van der Waals surface area contributed by atoms with Crippen LogP contribution in [0.15, 0.2) is 24.3 Å². The first-order valence-corrected chi connectivity index (χ1v) is 12.6. The van der Waals surface area contributed by atoms with Crippen molar-refractivity contribution >= 4 is 23.9 Å². The van der Waals surface area contributed by atoms with E-state index >= 15 is 0 Å². The van der Waals surface area contributed by atoms with Crippen LogP contribution < -0.4 is 0 Å². The molecule has 5 atom stereocenters. The molecule has 8 nitrogen and oxygen atoms in total. The SMILES string of the molecule is CCCCCC(/C=C/C1C(OC(C)=O)CC(OC(C)=O)C1C/C=C\CCCC(=O)OC)OC(C)=O. The van der Waals surface area contributed by atoms with Crippen LogP contribution >= 0.6 is 0 Å². The highest BCUT2D eigenvalue weighted by atomic mass is 16.6. The van der Waals surface area contributed by atoms with Crippen molar-refractivity contribution < 1.29 is 38.1 Å². The zero-order valence-electron chi connectivity index (χ0n) is 21.8.